The molecule has 1 saturated heterocycles. The van der Waals surface area contributed by atoms with Crippen LogP contribution in [0.4, 0.5) is 5.69 Å². The van der Waals surface area contributed by atoms with E-state index in [1.54, 1.807) is 29.2 Å². The maximum absolute atomic E-state index is 11.4. The normalized spacial score (nSPS) is 21.1. The van der Waals surface area contributed by atoms with E-state index in [1.165, 1.54) is 6.92 Å². The first-order valence-electron chi connectivity index (χ1n) is 6.54. The number of carbonyl (C=O) groups excluding carboxylic acids is 2. The molecule has 1 heterocycles. The van der Waals surface area contributed by atoms with Crippen LogP contribution in [0.25, 0.3) is 0 Å². The molecule has 1 aromatic rings. The Bertz CT molecular complexity index is 573. The molecule has 6 nitrogen and oxygen atoms in total. The first kappa shape index (κ1) is 15.4. The number of carbonyl (C=O) groups is 2. The van der Waals surface area contributed by atoms with Crippen LogP contribution in [-0.4, -0.2) is 45.5 Å². The van der Waals surface area contributed by atoms with Crippen LogP contribution in [0.2, 0.25) is 0 Å². The topological polar surface area (TPSA) is 95.7 Å². The first-order chi connectivity index (χ1) is 9.88. The number of nitrogens with two attached hydrogens (primary N) is 1. The molecule has 0 aromatic heterocycles. The van der Waals surface area contributed by atoms with E-state index in [-0.39, 0.29) is 18.7 Å². The fourth-order valence-corrected chi connectivity index (χ4v) is 2.61. The van der Waals surface area contributed by atoms with Crippen LogP contribution in [0.3, 0.4) is 0 Å². The van der Waals surface area contributed by atoms with Gasteiger partial charge in [-0.05, 0) is 43.4 Å². The lowest BCUT2D eigenvalue weighted by molar-refractivity contribution is -0.121. The smallest absolute Gasteiger partial charge is 0.240 e. The molecule has 7 heteroatoms. The van der Waals surface area contributed by atoms with Crippen molar-refractivity contribution in [1.29, 1.82) is 0 Å². The fourth-order valence-electron chi connectivity index (χ4n) is 2.29. The number of nitrogens with zero attached hydrogens (tertiary/aromatic N) is 1. The minimum absolute atomic E-state index is 0.0133. The Hall–Kier alpha value is -1.99. The number of thiocarbonyl (C=S) groups is 1. The number of aliphatic hydroxyl groups excluding tert-OH is 1. The summed E-state index contributed by atoms with van der Waals surface area (Å²) in [5.41, 5.74) is 6.63. The highest BCUT2D eigenvalue weighted by molar-refractivity contribution is 7.80. The summed E-state index contributed by atoms with van der Waals surface area (Å²) in [7, 11) is 0. The van der Waals surface area contributed by atoms with Gasteiger partial charge in [-0.3, -0.25) is 9.59 Å². The average molecular weight is 307 g/mol. The van der Waals surface area contributed by atoms with E-state index in [9.17, 15) is 14.7 Å². The lowest BCUT2D eigenvalue weighted by Gasteiger charge is -2.25. The number of rotatable bonds is 3. The fraction of sp³-hybridized carbons (Fsp3) is 0.357. The predicted molar refractivity (Wildman–Crippen MR) is 83.0 cm³/mol. The van der Waals surface area contributed by atoms with Crippen molar-refractivity contribution in [2.24, 2.45) is 5.73 Å². The molecule has 1 aliphatic rings. The van der Waals surface area contributed by atoms with E-state index >= 15 is 0 Å². The summed E-state index contributed by atoms with van der Waals surface area (Å²) in [4.78, 5) is 24.2. The third kappa shape index (κ3) is 3.56. The minimum Gasteiger partial charge on any atom is -0.391 e. The Morgan fingerprint density at radius 3 is 2.52 bits per heavy atom. The van der Waals surface area contributed by atoms with E-state index in [0.29, 0.717) is 16.4 Å². The van der Waals surface area contributed by atoms with E-state index in [4.69, 9.17) is 18.0 Å². The highest BCUT2D eigenvalue weighted by atomic mass is 32.1. The van der Waals surface area contributed by atoms with Crippen molar-refractivity contribution in [2.45, 2.75) is 25.5 Å². The number of aliphatic hydroxyl groups is 1. The molecule has 0 radical (unpaired) electrons. The molecule has 0 spiro atoms. The number of nitrogens with one attached hydrogen (secondary N) is 1. The summed E-state index contributed by atoms with van der Waals surface area (Å²) in [5, 5.41) is 13.0. The van der Waals surface area contributed by atoms with Gasteiger partial charge in [0.25, 0.3) is 0 Å². The lowest BCUT2D eigenvalue weighted by atomic mass is 10.1. The van der Waals surface area contributed by atoms with Crippen molar-refractivity contribution >= 4 is 34.7 Å². The highest BCUT2D eigenvalue weighted by Crippen LogP contribution is 2.20. The largest absolute Gasteiger partial charge is 0.391 e. The van der Waals surface area contributed by atoms with Gasteiger partial charge >= 0.3 is 0 Å². The number of ketones is 1. The molecule has 0 aliphatic carbocycles. The van der Waals surface area contributed by atoms with Gasteiger partial charge in [0.05, 0.1) is 6.10 Å². The standard InChI is InChI=1S/C14H17N3O3S/c1-8(18)9-2-4-10(5-3-9)16-14(21)17-7-11(19)6-12(17)13(15)20/h2-5,11-12,19H,6-7H2,1H3,(H2,15,20)(H,16,21)/t11-,12+/m1/s1. The number of hydrogen-bond acceptors (Lipinski definition) is 4. The molecule has 1 fully saturated rings. The second-order valence-electron chi connectivity index (χ2n) is 5.02. The first-order valence-corrected chi connectivity index (χ1v) is 6.95. The monoisotopic (exact) mass is 307 g/mol. The number of hydrogen-bond donors (Lipinski definition) is 3. The van der Waals surface area contributed by atoms with Crippen molar-refractivity contribution in [1.82, 2.24) is 4.90 Å². The maximum Gasteiger partial charge on any atom is 0.240 e. The predicted octanol–water partition coefficient (Wildman–Crippen LogP) is 0.506. The minimum atomic E-state index is -0.623. The number of likely N-dealkylation sites (tertiary alicyclic amines) is 1. The Kier molecular flexibility index (Phi) is 4.54. The van der Waals surface area contributed by atoms with Gasteiger partial charge in [-0.1, -0.05) is 0 Å². The third-order valence-corrected chi connectivity index (χ3v) is 3.75. The van der Waals surface area contributed by atoms with Crippen molar-refractivity contribution in [3.05, 3.63) is 29.8 Å². The Morgan fingerprint density at radius 1 is 1.38 bits per heavy atom. The molecule has 0 unspecified atom stereocenters. The molecular weight excluding hydrogens is 290 g/mol. The van der Waals surface area contributed by atoms with Crippen LogP contribution < -0.4 is 11.1 Å². The molecule has 1 aliphatic heterocycles. The summed E-state index contributed by atoms with van der Waals surface area (Å²) in [6, 6.07) is 6.25. The molecule has 2 rings (SSSR count). The molecule has 4 N–H and O–H groups in total. The zero-order chi connectivity index (χ0) is 15.6. The number of anilines is 1. The van der Waals surface area contributed by atoms with Gasteiger partial charge in [0.2, 0.25) is 5.91 Å². The van der Waals surface area contributed by atoms with Gasteiger partial charge in [-0.2, -0.15) is 0 Å². The summed E-state index contributed by atoms with van der Waals surface area (Å²) >= 11 is 5.26. The van der Waals surface area contributed by atoms with Gasteiger partial charge < -0.3 is 21.1 Å². The second-order valence-corrected chi connectivity index (χ2v) is 5.41. The number of primary amides is 1. The van der Waals surface area contributed by atoms with Crippen LogP contribution in [0, 0.1) is 0 Å². The Morgan fingerprint density at radius 2 is 2.00 bits per heavy atom. The molecule has 2 atom stereocenters. The van der Waals surface area contributed by atoms with Crippen molar-refractivity contribution in [2.75, 3.05) is 11.9 Å². The molecule has 0 bridgehead atoms. The quantitative estimate of drug-likeness (QED) is 0.556. The molecule has 21 heavy (non-hydrogen) atoms. The van der Waals surface area contributed by atoms with E-state index in [0.717, 1.165) is 0 Å². The summed E-state index contributed by atoms with van der Waals surface area (Å²) in [6.07, 6.45) is -0.345. The number of amides is 1. The van der Waals surface area contributed by atoms with Crippen LogP contribution in [0.5, 0.6) is 0 Å². The van der Waals surface area contributed by atoms with Crippen LogP contribution in [0.1, 0.15) is 23.7 Å². The van der Waals surface area contributed by atoms with E-state index in [1.807, 2.05) is 0 Å². The second kappa shape index (κ2) is 6.19. The van der Waals surface area contributed by atoms with Crippen molar-refractivity contribution < 1.29 is 14.7 Å². The third-order valence-electron chi connectivity index (χ3n) is 3.41. The SMILES string of the molecule is CC(=O)c1ccc(NC(=S)N2C[C@H](O)C[C@H]2C(N)=O)cc1. The summed E-state index contributed by atoms with van der Waals surface area (Å²) in [5.74, 6) is -0.525. The zero-order valence-electron chi connectivity index (χ0n) is 11.6. The van der Waals surface area contributed by atoms with Gasteiger partial charge in [0.15, 0.2) is 10.9 Å². The van der Waals surface area contributed by atoms with Crippen LogP contribution in [0.15, 0.2) is 24.3 Å². The van der Waals surface area contributed by atoms with Gasteiger partial charge in [0.1, 0.15) is 6.04 Å². The van der Waals surface area contributed by atoms with Gasteiger partial charge in [-0.25, -0.2) is 0 Å². The molecule has 1 amide bonds. The van der Waals surface area contributed by atoms with E-state index < -0.39 is 18.1 Å². The van der Waals surface area contributed by atoms with Crippen LogP contribution in [-0.2, 0) is 4.79 Å². The van der Waals surface area contributed by atoms with Gasteiger partial charge in [-0.15, -0.1) is 0 Å². The maximum atomic E-state index is 11.4. The highest BCUT2D eigenvalue weighted by Gasteiger charge is 2.36. The number of Topliss-reactive ketones (excluding diaryl/α,β-unsaturated/α-hetero) is 1. The summed E-state index contributed by atoms with van der Waals surface area (Å²) < 4.78 is 0. The lowest BCUT2D eigenvalue weighted by Crippen LogP contribution is -2.45. The molecule has 1 aromatic carbocycles. The van der Waals surface area contributed by atoms with Crippen LogP contribution >= 0.6 is 12.2 Å². The van der Waals surface area contributed by atoms with Crippen molar-refractivity contribution in [3.8, 4) is 0 Å². The van der Waals surface area contributed by atoms with Crippen molar-refractivity contribution in [3.63, 3.8) is 0 Å². The number of β-amino-alcohol motifs (C(OH)–C–C–N with tert-alkyl or cyclic N) is 1. The average Bonchev–Trinajstić information content (AvgIpc) is 2.82. The molecular formula is C14H17N3O3S. The Labute approximate surface area is 127 Å². The Balaban J connectivity index is 2.06. The van der Waals surface area contributed by atoms with Gasteiger partial charge in [0, 0.05) is 24.2 Å². The molecule has 0 saturated carbocycles. The zero-order valence-corrected chi connectivity index (χ0v) is 12.4. The molecule has 112 valence electrons. The van der Waals surface area contributed by atoms with E-state index in [2.05, 4.69) is 5.32 Å². The summed E-state index contributed by atoms with van der Waals surface area (Å²) in [6.45, 7) is 1.76. The number of benzene rings is 1.